The lowest BCUT2D eigenvalue weighted by atomic mass is 10.0. The molecule has 18 heavy (non-hydrogen) atoms. The van der Waals surface area contributed by atoms with Crippen LogP contribution in [0.4, 0.5) is 0 Å². The number of likely N-dealkylation sites (tertiary alicyclic amines) is 1. The number of carbonyl (C=O) groups excluding carboxylic acids is 1. The van der Waals surface area contributed by atoms with Crippen LogP contribution >= 0.6 is 15.9 Å². The fraction of sp³-hybridized carbons (Fsp3) is 0.500. The van der Waals surface area contributed by atoms with Crippen LogP contribution in [-0.4, -0.2) is 31.0 Å². The van der Waals surface area contributed by atoms with Gasteiger partial charge in [0.15, 0.2) is 0 Å². The van der Waals surface area contributed by atoms with Crippen LogP contribution < -0.4 is 4.74 Å². The summed E-state index contributed by atoms with van der Waals surface area (Å²) in [7, 11) is 1.63. The van der Waals surface area contributed by atoms with Crippen molar-refractivity contribution in [2.45, 2.75) is 26.2 Å². The Morgan fingerprint density at radius 3 is 2.56 bits per heavy atom. The van der Waals surface area contributed by atoms with Gasteiger partial charge < -0.3 is 9.64 Å². The normalized spacial score (nSPS) is 15.6. The van der Waals surface area contributed by atoms with E-state index < -0.39 is 0 Å². The molecule has 0 N–H and O–H groups in total. The van der Waals surface area contributed by atoms with Crippen molar-refractivity contribution in [3.05, 3.63) is 27.7 Å². The molecule has 0 radical (unpaired) electrons. The van der Waals surface area contributed by atoms with Gasteiger partial charge in [0.25, 0.3) is 5.91 Å². The molecule has 2 rings (SSSR count). The molecule has 1 aromatic rings. The number of nitrogens with zero attached hydrogens (tertiary/aromatic N) is 1. The smallest absolute Gasteiger partial charge is 0.255 e. The van der Waals surface area contributed by atoms with E-state index in [1.165, 1.54) is 6.42 Å². The van der Waals surface area contributed by atoms with Gasteiger partial charge >= 0.3 is 0 Å². The topological polar surface area (TPSA) is 29.5 Å². The van der Waals surface area contributed by atoms with E-state index in [1.807, 2.05) is 24.0 Å². The van der Waals surface area contributed by atoms with Crippen molar-refractivity contribution >= 4 is 21.8 Å². The number of hydrogen-bond donors (Lipinski definition) is 0. The molecular formula is C14H18BrNO2. The SMILES string of the molecule is COc1ccc(Br)c(C(=O)N2CCCCC2)c1C. The molecule has 1 amide bonds. The molecule has 0 atom stereocenters. The summed E-state index contributed by atoms with van der Waals surface area (Å²) in [6.07, 6.45) is 3.43. The van der Waals surface area contributed by atoms with Crippen LogP contribution in [0.5, 0.6) is 5.75 Å². The predicted molar refractivity (Wildman–Crippen MR) is 75.2 cm³/mol. The highest BCUT2D eigenvalue weighted by atomic mass is 79.9. The number of rotatable bonds is 2. The molecule has 1 aromatic carbocycles. The first-order valence-corrected chi connectivity index (χ1v) is 7.07. The van der Waals surface area contributed by atoms with Gasteiger partial charge in [0, 0.05) is 23.1 Å². The molecule has 0 spiro atoms. The van der Waals surface area contributed by atoms with Gasteiger partial charge in [-0.3, -0.25) is 4.79 Å². The Bertz CT molecular complexity index is 453. The Labute approximate surface area is 116 Å². The molecule has 98 valence electrons. The van der Waals surface area contributed by atoms with Gasteiger partial charge in [-0.15, -0.1) is 0 Å². The lowest BCUT2D eigenvalue weighted by molar-refractivity contribution is 0.0722. The minimum absolute atomic E-state index is 0.109. The van der Waals surface area contributed by atoms with Gasteiger partial charge in [0.05, 0.1) is 12.7 Å². The van der Waals surface area contributed by atoms with Gasteiger partial charge in [0.2, 0.25) is 0 Å². The molecule has 1 aliphatic heterocycles. The molecule has 3 nitrogen and oxygen atoms in total. The summed E-state index contributed by atoms with van der Waals surface area (Å²) < 4.78 is 6.13. The van der Waals surface area contributed by atoms with E-state index in [1.54, 1.807) is 7.11 Å². The summed E-state index contributed by atoms with van der Waals surface area (Å²) in [4.78, 5) is 14.5. The third-order valence-electron chi connectivity index (χ3n) is 3.44. The largest absolute Gasteiger partial charge is 0.496 e. The molecule has 0 aromatic heterocycles. The van der Waals surface area contributed by atoms with Crippen molar-refractivity contribution in [1.29, 1.82) is 0 Å². The molecular weight excluding hydrogens is 294 g/mol. The highest BCUT2D eigenvalue weighted by Gasteiger charge is 2.23. The Morgan fingerprint density at radius 2 is 1.94 bits per heavy atom. The number of piperidine rings is 1. The third kappa shape index (κ3) is 2.53. The molecule has 0 unspecified atom stereocenters. The molecule has 0 aliphatic carbocycles. The molecule has 1 heterocycles. The second-order valence-corrected chi connectivity index (χ2v) is 5.46. The standard InChI is InChI=1S/C14H18BrNO2/c1-10-12(18-2)7-6-11(15)13(10)14(17)16-8-4-3-5-9-16/h6-7H,3-5,8-9H2,1-2H3. The number of ether oxygens (including phenoxy) is 1. The first-order chi connectivity index (χ1) is 8.65. The van der Waals surface area contributed by atoms with Crippen LogP contribution in [0.3, 0.4) is 0 Å². The summed E-state index contributed by atoms with van der Waals surface area (Å²) in [6, 6.07) is 3.76. The molecule has 1 saturated heterocycles. The summed E-state index contributed by atoms with van der Waals surface area (Å²) in [5.74, 6) is 0.872. The minimum atomic E-state index is 0.109. The molecule has 0 bridgehead atoms. The number of amides is 1. The number of methoxy groups -OCH3 is 1. The quantitative estimate of drug-likeness (QED) is 0.838. The van der Waals surface area contributed by atoms with Crippen LogP contribution in [0.2, 0.25) is 0 Å². The fourth-order valence-electron chi connectivity index (χ4n) is 2.40. The van der Waals surface area contributed by atoms with E-state index in [0.29, 0.717) is 0 Å². The van der Waals surface area contributed by atoms with Gasteiger partial charge in [-0.1, -0.05) is 0 Å². The monoisotopic (exact) mass is 311 g/mol. The van der Waals surface area contributed by atoms with Gasteiger partial charge in [-0.25, -0.2) is 0 Å². The van der Waals surface area contributed by atoms with Crippen molar-refractivity contribution in [3.8, 4) is 5.75 Å². The lowest BCUT2D eigenvalue weighted by Crippen LogP contribution is -2.36. The van der Waals surface area contributed by atoms with Crippen LogP contribution in [0, 0.1) is 6.92 Å². The highest BCUT2D eigenvalue weighted by Crippen LogP contribution is 2.30. The van der Waals surface area contributed by atoms with Crippen molar-refractivity contribution in [1.82, 2.24) is 4.90 Å². The summed E-state index contributed by atoms with van der Waals surface area (Å²) in [5.41, 5.74) is 1.64. The zero-order valence-electron chi connectivity index (χ0n) is 10.8. The fourth-order valence-corrected chi connectivity index (χ4v) is 3.00. The van der Waals surface area contributed by atoms with Crippen molar-refractivity contribution in [2.75, 3.05) is 20.2 Å². The van der Waals surface area contributed by atoms with Crippen molar-refractivity contribution in [2.24, 2.45) is 0 Å². The van der Waals surface area contributed by atoms with E-state index in [2.05, 4.69) is 15.9 Å². The van der Waals surface area contributed by atoms with E-state index in [4.69, 9.17) is 4.74 Å². The molecule has 1 fully saturated rings. The van der Waals surface area contributed by atoms with Gasteiger partial charge in [0.1, 0.15) is 5.75 Å². The van der Waals surface area contributed by atoms with E-state index >= 15 is 0 Å². The van der Waals surface area contributed by atoms with Gasteiger partial charge in [-0.2, -0.15) is 0 Å². The molecule has 0 saturated carbocycles. The summed E-state index contributed by atoms with van der Waals surface area (Å²) in [6.45, 7) is 3.66. The zero-order valence-corrected chi connectivity index (χ0v) is 12.4. The lowest BCUT2D eigenvalue weighted by Gasteiger charge is -2.28. The number of carbonyl (C=O) groups is 1. The second kappa shape index (κ2) is 5.74. The van der Waals surface area contributed by atoms with Crippen molar-refractivity contribution in [3.63, 3.8) is 0 Å². The van der Waals surface area contributed by atoms with E-state index in [9.17, 15) is 4.79 Å². The van der Waals surface area contributed by atoms with Crippen LogP contribution in [0.15, 0.2) is 16.6 Å². The Balaban J connectivity index is 2.34. The highest BCUT2D eigenvalue weighted by molar-refractivity contribution is 9.10. The maximum absolute atomic E-state index is 12.5. The predicted octanol–water partition coefficient (Wildman–Crippen LogP) is 3.39. The van der Waals surface area contributed by atoms with E-state index in [-0.39, 0.29) is 5.91 Å². The average Bonchev–Trinajstić information content (AvgIpc) is 2.40. The number of benzene rings is 1. The average molecular weight is 312 g/mol. The Kier molecular flexibility index (Phi) is 4.27. The van der Waals surface area contributed by atoms with Crippen molar-refractivity contribution < 1.29 is 9.53 Å². The summed E-state index contributed by atoms with van der Waals surface area (Å²) in [5, 5.41) is 0. The number of halogens is 1. The number of hydrogen-bond acceptors (Lipinski definition) is 2. The molecule has 1 aliphatic rings. The first kappa shape index (κ1) is 13.4. The summed E-state index contributed by atoms with van der Waals surface area (Å²) >= 11 is 3.47. The zero-order chi connectivity index (χ0) is 13.1. The second-order valence-electron chi connectivity index (χ2n) is 4.60. The van der Waals surface area contributed by atoms with Crippen LogP contribution in [0.1, 0.15) is 35.2 Å². The molecule has 4 heteroatoms. The Morgan fingerprint density at radius 1 is 1.28 bits per heavy atom. The first-order valence-electron chi connectivity index (χ1n) is 6.27. The third-order valence-corrected chi connectivity index (χ3v) is 4.10. The van der Waals surface area contributed by atoms with E-state index in [0.717, 1.165) is 47.3 Å². The van der Waals surface area contributed by atoms with Crippen LogP contribution in [-0.2, 0) is 0 Å². The van der Waals surface area contributed by atoms with Gasteiger partial charge in [-0.05, 0) is 54.2 Å². The van der Waals surface area contributed by atoms with Crippen LogP contribution in [0.25, 0.3) is 0 Å². The minimum Gasteiger partial charge on any atom is -0.496 e. The maximum atomic E-state index is 12.5. The Hall–Kier alpha value is -1.03. The maximum Gasteiger partial charge on any atom is 0.255 e.